The molecule has 0 aliphatic rings. The van der Waals surface area contributed by atoms with E-state index in [4.69, 9.17) is 0 Å². The zero-order chi connectivity index (χ0) is 14.2. The largest absolute Gasteiger partial charge is 0.354 e. The second-order valence-electron chi connectivity index (χ2n) is 4.36. The van der Waals surface area contributed by atoms with Crippen LogP contribution in [0, 0.1) is 0 Å². The number of benzene rings is 1. The van der Waals surface area contributed by atoms with E-state index >= 15 is 0 Å². The van der Waals surface area contributed by atoms with Crippen molar-refractivity contribution in [2.75, 3.05) is 11.9 Å². The topological polar surface area (TPSA) is 66.9 Å². The van der Waals surface area contributed by atoms with Crippen LogP contribution in [0.3, 0.4) is 0 Å². The second-order valence-corrected chi connectivity index (χ2v) is 4.36. The minimum Gasteiger partial charge on any atom is -0.354 e. The first kappa shape index (κ1) is 14.0. The molecule has 2 rings (SSSR count). The minimum atomic E-state index is -0.198. The third-order valence-corrected chi connectivity index (χ3v) is 2.72. The molecule has 0 unspecified atom stereocenters. The van der Waals surface area contributed by atoms with Crippen molar-refractivity contribution < 1.29 is 4.79 Å². The molecular formula is C15H18N4O. The molecule has 0 bridgehead atoms. The van der Waals surface area contributed by atoms with Crippen LogP contribution in [0.1, 0.15) is 29.4 Å². The van der Waals surface area contributed by atoms with Gasteiger partial charge in [-0.25, -0.2) is 9.97 Å². The van der Waals surface area contributed by atoms with Crippen LogP contribution < -0.4 is 10.6 Å². The summed E-state index contributed by atoms with van der Waals surface area (Å²) in [6, 6.07) is 11.4. The number of rotatable bonds is 6. The lowest BCUT2D eigenvalue weighted by atomic mass is 10.2. The van der Waals surface area contributed by atoms with Gasteiger partial charge in [0.2, 0.25) is 5.95 Å². The predicted octanol–water partition coefficient (Wildman–Crippen LogP) is 2.23. The Bertz CT molecular complexity index is 557. The minimum absolute atomic E-state index is 0.198. The van der Waals surface area contributed by atoms with E-state index in [2.05, 4.69) is 27.5 Å². The Morgan fingerprint density at radius 1 is 1.20 bits per heavy atom. The summed E-state index contributed by atoms with van der Waals surface area (Å²) in [6.07, 6.45) is 2.57. The summed E-state index contributed by atoms with van der Waals surface area (Å²) in [6.45, 7) is 3.33. The molecule has 0 aliphatic heterocycles. The van der Waals surface area contributed by atoms with Gasteiger partial charge in [0.1, 0.15) is 5.69 Å². The summed E-state index contributed by atoms with van der Waals surface area (Å²) in [5, 5.41) is 5.90. The summed E-state index contributed by atoms with van der Waals surface area (Å²) < 4.78 is 0. The first-order valence-corrected chi connectivity index (χ1v) is 6.68. The molecule has 0 fully saturated rings. The second kappa shape index (κ2) is 7.23. The van der Waals surface area contributed by atoms with Crippen molar-refractivity contribution in [2.45, 2.75) is 19.9 Å². The molecule has 1 aromatic heterocycles. The van der Waals surface area contributed by atoms with Gasteiger partial charge in [-0.2, -0.15) is 0 Å². The van der Waals surface area contributed by atoms with E-state index in [1.807, 2.05) is 30.3 Å². The van der Waals surface area contributed by atoms with Crippen LogP contribution in [-0.4, -0.2) is 22.4 Å². The van der Waals surface area contributed by atoms with E-state index in [0.717, 1.165) is 18.5 Å². The Balaban J connectivity index is 1.95. The molecule has 0 saturated heterocycles. The Morgan fingerprint density at radius 2 is 2.00 bits per heavy atom. The molecule has 1 heterocycles. The van der Waals surface area contributed by atoms with Crippen LogP contribution in [0.15, 0.2) is 42.6 Å². The Morgan fingerprint density at radius 3 is 2.75 bits per heavy atom. The van der Waals surface area contributed by atoms with E-state index in [0.29, 0.717) is 18.2 Å². The maximum atomic E-state index is 12.0. The summed E-state index contributed by atoms with van der Waals surface area (Å²) in [4.78, 5) is 20.3. The van der Waals surface area contributed by atoms with Gasteiger partial charge in [0, 0.05) is 19.3 Å². The smallest absolute Gasteiger partial charge is 0.270 e. The van der Waals surface area contributed by atoms with E-state index in [1.165, 1.54) is 0 Å². The highest BCUT2D eigenvalue weighted by Gasteiger charge is 2.08. The highest BCUT2D eigenvalue weighted by atomic mass is 16.1. The summed E-state index contributed by atoms with van der Waals surface area (Å²) in [7, 11) is 0. The number of amides is 1. The van der Waals surface area contributed by atoms with E-state index in [-0.39, 0.29) is 5.91 Å². The van der Waals surface area contributed by atoms with Crippen molar-refractivity contribution in [1.82, 2.24) is 15.3 Å². The van der Waals surface area contributed by atoms with Gasteiger partial charge >= 0.3 is 0 Å². The SMILES string of the molecule is CCCNc1nccc(C(=O)NCc2ccccc2)n1. The monoisotopic (exact) mass is 270 g/mol. The van der Waals surface area contributed by atoms with Gasteiger partial charge in [0.25, 0.3) is 5.91 Å². The van der Waals surface area contributed by atoms with E-state index < -0.39 is 0 Å². The molecule has 0 atom stereocenters. The molecule has 1 aromatic carbocycles. The Hall–Kier alpha value is -2.43. The molecule has 20 heavy (non-hydrogen) atoms. The maximum Gasteiger partial charge on any atom is 0.270 e. The molecule has 1 amide bonds. The standard InChI is InChI=1S/C15H18N4O/c1-2-9-16-15-17-10-8-13(19-15)14(20)18-11-12-6-4-3-5-7-12/h3-8,10H,2,9,11H2,1H3,(H,18,20)(H,16,17,19). The van der Waals surface area contributed by atoms with Crippen LogP contribution in [0.4, 0.5) is 5.95 Å². The number of aromatic nitrogens is 2. The normalized spacial score (nSPS) is 10.1. The predicted molar refractivity (Wildman–Crippen MR) is 78.4 cm³/mol. The lowest BCUT2D eigenvalue weighted by Crippen LogP contribution is -2.24. The molecule has 0 saturated carbocycles. The highest BCUT2D eigenvalue weighted by Crippen LogP contribution is 2.02. The van der Waals surface area contributed by atoms with Gasteiger partial charge in [-0.15, -0.1) is 0 Å². The maximum absolute atomic E-state index is 12.0. The number of hydrogen-bond acceptors (Lipinski definition) is 4. The van der Waals surface area contributed by atoms with Crippen molar-refractivity contribution in [2.24, 2.45) is 0 Å². The number of nitrogens with zero attached hydrogens (tertiary/aromatic N) is 2. The van der Waals surface area contributed by atoms with Crippen molar-refractivity contribution in [1.29, 1.82) is 0 Å². The first-order valence-electron chi connectivity index (χ1n) is 6.68. The third-order valence-electron chi connectivity index (χ3n) is 2.72. The molecule has 5 heteroatoms. The lowest BCUT2D eigenvalue weighted by Gasteiger charge is -2.06. The molecule has 2 aromatic rings. The fraction of sp³-hybridized carbons (Fsp3) is 0.267. The van der Waals surface area contributed by atoms with Crippen molar-refractivity contribution in [3.05, 3.63) is 53.9 Å². The molecule has 0 radical (unpaired) electrons. The summed E-state index contributed by atoms with van der Waals surface area (Å²) >= 11 is 0. The molecule has 5 nitrogen and oxygen atoms in total. The average molecular weight is 270 g/mol. The van der Waals surface area contributed by atoms with Crippen molar-refractivity contribution in [3.8, 4) is 0 Å². The lowest BCUT2D eigenvalue weighted by molar-refractivity contribution is 0.0946. The van der Waals surface area contributed by atoms with Crippen LogP contribution in [0.2, 0.25) is 0 Å². The van der Waals surface area contributed by atoms with Crippen LogP contribution in [0.5, 0.6) is 0 Å². The highest BCUT2D eigenvalue weighted by molar-refractivity contribution is 5.92. The van der Waals surface area contributed by atoms with Gasteiger partial charge in [0.15, 0.2) is 0 Å². The van der Waals surface area contributed by atoms with E-state index in [1.54, 1.807) is 12.3 Å². The molecule has 2 N–H and O–H groups in total. The number of anilines is 1. The zero-order valence-electron chi connectivity index (χ0n) is 11.5. The van der Waals surface area contributed by atoms with Crippen molar-refractivity contribution >= 4 is 11.9 Å². The average Bonchev–Trinajstić information content (AvgIpc) is 2.52. The van der Waals surface area contributed by atoms with Gasteiger partial charge in [-0.3, -0.25) is 4.79 Å². The van der Waals surface area contributed by atoms with Gasteiger partial charge in [0.05, 0.1) is 0 Å². The van der Waals surface area contributed by atoms with E-state index in [9.17, 15) is 4.79 Å². The van der Waals surface area contributed by atoms with Gasteiger partial charge < -0.3 is 10.6 Å². The first-order chi connectivity index (χ1) is 9.79. The van der Waals surface area contributed by atoms with Crippen LogP contribution in [-0.2, 0) is 6.54 Å². The zero-order valence-corrected chi connectivity index (χ0v) is 11.5. The van der Waals surface area contributed by atoms with Gasteiger partial charge in [-0.1, -0.05) is 37.3 Å². The number of carbonyl (C=O) groups is 1. The number of hydrogen-bond donors (Lipinski definition) is 2. The van der Waals surface area contributed by atoms with Crippen LogP contribution in [0.25, 0.3) is 0 Å². The van der Waals surface area contributed by atoms with Crippen molar-refractivity contribution in [3.63, 3.8) is 0 Å². The molecule has 0 spiro atoms. The summed E-state index contributed by atoms with van der Waals surface area (Å²) in [5.74, 6) is 0.287. The quantitative estimate of drug-likeness (QED) is 0.844. The van der Waals surface area contributed by atoms with Gasteiger partial charge in [-0.05, 0) is 18.1 Å². The fourth-order valence-corrected chi connectivity index (χ4v) is 1.68. The summed E-state index contributed by atoms with van der Waals surface area (Å²) in [5.41, 5.74) is 1.42. The van der Waals surface area contributed by atoms with Crippen LogP contribution >= 0.6 is 0 Å². The molecule has 104 valence electrons. The Labute approximate surface area is 118 Å². The number of nitrogens with one attached hydrogen (secondary N) is 2. The Kier molecular flexibility index (Phi) is 5.06. The number of carbonyl (C=O) groups excluding carboxylic acids is 1. The third kappa shape index (κ3) is 4.05. The molecule has 0 aliphatic carbocycles. The molecular weight excluding hydrogens is 252 g/mol. The fourth-order valence-electron chi connectivity index (χ4n) is 1.68.